The molecule has 1 aliphatic carbocycles. The Kier molecular flexibility index (Phi) is 5.09. The topological polar surface area (TPSA) is 57.1 Å². The Labute approximate surface area is 155 Å². The van der Waals surface area contributed by atoms with E-state index in [0.717, 1.165) is 48.7 Å². The van der Waals surface area contributed by atoms with Gasteiger partial charge < -0.3 is 20.1 Å². The molecule has 4 rings (SSSR count). The van der Waals surface area contributed by atoms with Crippen molar-refractivity contribution in [1.82, 2.24) is 4.90 Å². The van der Waals surface area contributed by atoms with E-state index in [0.29, 0.717) is 0 Å². The molecule has 1 saturated heterocycles. The molecule has 1 fully saturated rings. The minimum absolute atomic E-state index is 0.0929. The summed E-state index contributed by atoms with van der Waals surface area (Å²) in [6.07, 6.45) is 11.8. The van der Waals surface area contributed by atoms with Gasteiger partial charge in [-0.05, 0) is 49.8 Å². The maximum absolute atomic E-state index is 9.98. The highest BCUT2D eigenvalue weighted by Crippen LogP contribution is 2.36. The molecule has 0 aromatic heterocycles. The number of methoxy groups -OCH3 is 1. The zero-order valence-electron chi connectivity index (χ0n) is 15.3. The van der Waals surface area contributed by atoms with Crippen LogP contribution in [-0.4, -0.2) is 42.1 Å². The molecular weight excluding hydrogens is 326 g/mol. The lowest BCUT2D eigenvalue weighted by Gasteiger charge is -2.38. The van der Waals surface area contributed by atoms with E-state index < -0.39 is 6.29 Å². The molecule has 3 aliphatic rings. The van der Waals surface area contributed by atoms with Crippen molar-refractivity contribution in [2.75, 3.05) is 25.5 Å². The van der Waals surface area contributed by atoms with Crippen molar-refractivity contribution in [2.45, 2.75) is 44.4 Å². The lowest BCUT2D eigenvalue weighted by Crippen LogP contribution is -2.47. The second-order valence-electron chi connectivity index (χ2n) is 7.14. The number of piperidine rings is 1. The van der Waals surface area contributed by atoms with Gasteiger partial charge in [0, 0.05) is 25.8 Å². The monoisotopic (exact) mass is 353 g/mol. The fourth-order valence-corrected chi connectivity index (χ4v) is 3.92. The van der Waals surface area contributed by atoms with Gasteiger partial charge >= 0.3 is 0 Å². The number of aliphatic imine (C=N–C) groups is 1. The zero-order chi connectivity index (χ0) is 17.9. The summed E-state index contributed by atoms with van der Waals surface area (Å²) in [5.41, 5.74) is 3.90. The number of likely N-dealkylation sites (tertiary alicyclic amines) is 1. The number of allylic oxidation sites excluding steroid dienone is 2. The quantitative estimate of drug-likeness (QED) is 0.809. The Morgan fingerprint density at radius 1 is 1.23 bits per heavy atom. The molecule has 0 amide bonds. The maximum atomic E-state index is 9.98. The number of aliphatic hydroxyl groups excluding tert-OH is 1. The number of anilines is 1. The highest BCUT2D eigenvalue weighted by Gasteiger charge is 2.30. The van der Waals surface area contributed by atoms with Gasteiger partial charge in [0.2, 0.25) is 0 Å². The molecule has 2 N–H and O–H groups in total. The van der Waals surface area contributed by atoms with Gasteiger partial charge in [-0.25, -0.2) is 4.99 Å². The number of hydrogen-bond acceptors (Lipinski definition) is 5. The van der Waals surface area contributed by atoms with Crippen LogP contribution < -0.4 is 5.32 Å². The average Bonchev–Trinajstić information content (AvgIpc) is 2.73. The Bertz CT molecular complexity index is 748. The summed E-state index contributed by atoms with van der Waals surface area (Å²) in [5, 5.41) is 13.7. The molecule has 5 heteroatoms. The van der Waals surface area contributed by atoms with Gasteiger partial charge in [-0.3, -0.25) is 0 Å². The predicted molar refractivity (Wildman–Crippen MR) is 105 cm³/mol. The normalized spacial score (nSPS) is 23.6. The van der Waals surface area contributed by atoms with Gasteiger partial charge in [0.25, 0.3) is 0 Å². The Morgan fingerprint density at radius 3 is 2.81 bits per heavy atom. The highest BCUT2D eigenvalue weighted by molar-refractivity contribution is 5.99. The minimum atomic E-state index is -0.921. The molecule has 2 heterocycles. The average molecular weight is 353 g/mol. The van der Waals surface area contributed by atoms with Crippen molar-refractivity contribution >= 4 is 17.2 Å². The molecule has 2 atom stereocenters. The molecule has 2 unspecified atom stereocenters. The minimum Gasteiger partial charge on any atom is -0.370 e. The van der Waals surface area contributed by atoms with Crippen LogP contribution in [0.2, 0.25) is 0 Å². The van der Waals surface area contributed by atoms with Crippen LogP contribution in [0.15, 0.2) is 47.0 Å². The Morgan fingerprint density at radius 2 is 2.08 bits per heavy atom. The summed E-state index contributed by atoms with van der Waals surface area (Å²) >= 11 is 0. The van der Waals surface area contributed by atoms with Crippen molar-refractivity contribution in [3.05, 3.63) is 47.6 Å². The number of nitrogens with zero attached hydrogens (tertiary/aromatic N) is 2. The fourth-order valence-electron chi connectivity index (χ4n) is 3.92. The molecule has 1 aromatic rings. The van der Waals surface area contributed by atoms with Crippen LogP contribution in [0.5, 0.6) is 0 Å². The van der Waals surface area contributed by atoms with E-state index in [1.54, 1.807) is 0 Å². The first-order valence-corrected chi connectivity index (χ1v) is 9.58. The lowest BCUT2D eigenvalue weighted by molar-refractivity contribution is -0.0769. The number of aliphatic hydroxyl groups is 1. The van der Waals surface area contributed by atoms with Gasteiger partial charge in [-0.15, -0.1) is 0 Å². The number of hydrogen-bond donors (Lipinski definition) is 2. The summed E-state index contributed by atoms with van der Waals surface area (Å²) in [7, 11) is 1.50. The van der Waals surface area contributed by atoms with Crippen molar-refractivity contribution < 1.29 is 9.84 Å². The molecule has 26 heavy (non-hydrogen) atoms. The highest BCUT2D eigenvalue weighted by atomic mass is 16.6. The zero-order valence-corrected chi connectivity index (χ0v) is 15.3. The predicted octanol–water partition coefficient (Wildman–Crippen LogP) is 3.91. The number of fused-ring (bicyclic) bond motifs is 1. The SMILES string of the molecule is COC(O)c1ccc2c(c1)N=C(N1CCCCC1)C(C1=CCCC=C1)N2. The molecule has 0 saturated carbocycles. The van der Waals surface area contributed by atoms with E-state index in [-0.39, 0.29) is 6.04 Å². The summed E-state index contributed by atoms with van der Waals surface area (Å²) in [6, 6.07) is 5.89. The molecule has 0 spiro atoms. The van der Waals surface area contributed by atoms with Crippen LogP contribution >= 0.6 is 0 Å². The van der Waals surface area contributed by atoms with Crippen molar-refractivity contribution in [3.63, 3.8) is 0 Å². The van der Waals surface area contributed by atoms with E-state index in [2.05, 4.69) is 28.4 Å². The van der Waals surface area contributed by atoms with Gasteiger partial charge in [0.05, 0.1) is 11.4 Å². The molecule has 2 aliphatic heterocycles. The third kappa shape index (κ3) is 3.41. The molecule has 5 nitrogen and oxygen atoms in total. The molecule has 138 valence electrons. The smallest absolute Gasteiger partial charge is 0.180 e. The van der Waals surface area contributed by atoms with Gasteiger partial charge in [0.15, 0.2) is 6.29 Å². The van der Waals surface area contributed by atoms with E-state index in [4.69, 9.17) is 9.73 Å². The largest absolute Gasteiger partial charge is 0.370 e. The molecule has 0 radical (unpaired) electrons. The standard InChI is InChI=1S/C21H27N3O2/c1-26-21(25)16-10-11-17-18(14-16)23-20(24-12-6-3-7-13-24)19(22-17)15-8-4-2-5-9-15/h4,8-11,14,19,21-22,25H,2-3,5-7,12-13H2,1H3. The number of ether oxygens (including phenoxy) is 1. The second-order valence-corrected chi connectivity index (χ2v) is 7.14. The number of amidine groups is 1. The third-order valence-electron chi connectivity index (χ3n) is 5.36. The fraction of sp³-hybridized carbons (Fsp3) is 0.476. The summed E-state index contributed by atoms with van der Waals surface area (Å²) < 4.78 is 5.04. The van der Waals surface area contributed by atoms with Crippen LogP contribution in [0.4, 0.5) is 11.4 Å². The van der Waals surface area contributed by atoms with Crippen molar-refractivity contribution in [2.24, 2.45) is 4.99 Å². The van der Waals surface area contributed by atoms with Crippen LogP contribution in [0, 0.1) is 0 Å². The molecule has 0 bridgehead atoms. The van der Waals surface area contributed by atoms with Crippen LogP contribution in [0.1, 0.15) is 44.0 Å². The lowest BCUT2D eigenvalue weighted by atomic mass is 9.95. The molecule has 1 aromatic carbocycles. The van der Waals surface area contributed by atoms with Crippen LogP contribution in [0.3, 0.4) is 0 Å². The van der Waals surface area contributed by atoms with Gasteiger partial charge in [-0.1, -0.05) is 24.3 Å². The van der Waals surface area contributed by atoms with E-state index >= 15 is 0 Å². The van der Waals surface area contributed by atoms with E-state index in [9.17, 15) is 5.11 Å². The maximum Gasteiger partial charge on any atom is 0.180 e. The van der Waals surface area contributed by atoms with Gasteiger partial charge in [-0.2, -0.15) is 0 Å². The third-order valence-corrected chi connectivity index (χ3v) is 5.36. The first-order chi connectivity index (χ1) is 12.8. The van der Waals surface area contributed by atoms with E-state index in [1.807, 2.05) is 18.2 Å². The summed E-state index contributed by atoms with van der Waals surface area (Å²) in [5.74, 6) is 1.10. The Balaban J connectivity index is 1.72. The summed E-state index contributed by atoms with van der Waals surface area (Å²) in [4.78, 5) is 7.47. The van der Waals surface area contributed by atoms with Crippen molar-refractivity contribution in [1.29, 1.82) is 0 Å². The molecular formula is C21H27N3O2. The first-order valence-electron chi connectivity index (χ1n) is 9.58. The second kappa shape index (κ2) is 7.64. The number of benzene rings is 1. The van der Waals surface area contributed by atoms with Gasteiger partial charge in [0.1, 0.15) is 11.9 Å². The number of rotatable bonds is 3. The number of nitrogens with one attached hydrogen (secondary N) is 1. The van der Waals surface area contributed by atoms with E-state index in [1.165, 1.54) is 31.9 Å². The Hall–Kier alpha value is -2.11. The first kappa shape index (κ1) is 17.3. The van der Waals surface area contributed by atoms with Crippen LogP contribution in [-0.2, 0) is 4.74 Å². The summed E-state index contributed by atoms with van der Waals surface area (Å²) in [6.45, 7) is 2.12. The van der Waals surface area contributed by atoms with Crippen molar-refractivity contribution in [3.8, 4) is 0 Å². The van der Waals surface area contributed by atoms with Crippen LogP contribution in [0.25, 0.3) is 0 Å².